The summed E-state index contributed by atoms with van der Waals surface area (Å²) < 4.78 is 4.99. The number of nitrogens with one attached hydrogen (secondary N) is 1. The van der Waals surface area contributed by atoms with Crippen LogP contribution >= 0.6 is 35.6 Å². The van der Waals surface area contributed by atoms with E-state index in [4.69, 9.17) is 33.7 Å². The first kappa shape index (κ1) is 23.2. The average molecular weight is 324 g/mol. The number of alkyl halides is 2. The summed E-state index contributed by atoms with van der Waals surface area (Å²) in [7, 11) is 0. The van der Waals surface area contributed by atoms with Crippen molar-refractivity contribution in [3.63, 3.8) is 0 Å². The Kier molecular flexibility index (Phi) is 19.5. The summed E-state index contributed by atoms with van der Waals surface area (Å²) in [5.74, 6) is 1.24. The Morgan fingerprint density at radius 1 is 1.22 bits per heavy atom. The highest BCUT2D eigenvalue weighted by atomic mass is 35.5. The van der Waals surface area contributed by atoms with Crippen LogP contribution < -0.4 is 11.1 Å². The lowest BCUT2D eigenvalue weighted by atomic mass is 10.2. The van der Waals surface area contributed by atoms with Gasteiger partial charge >= 0.3 is 6.09 Å². The number of halogens is 3. The summed E-state index contributed by atoms with van der Waals surface area (Å²) in [6, 6.07) is 0. The van der Waals surface area contributed by atoms with Crippen LogP contribution in [0.1, 0.15) is 33.6 Å². The lowest BCUT2D eigenvalue weighted by Gasteiger charge is -2.19. The molecule has 0 aliphatic heterocycles. The molecule has 0 saturated heterocycles. The summed E-state index contributed by atoms with van der Waals surface area (Å²) in [5.41, 5.74) is 4.63. The molecular formula is C11H25Cl3N2O2. The molecule has 0 aromatic rings. The smallest absolute Gasteiger partial charge is 0.407 e. The van der Waals surface area contributed by atoms with E-state index in [1.807, 2.05) is 20.8 Å². The monoisotopic (exact) mass is 322 g/mol. The van der Waals surface area contributed by atoms with Gasteiger partial charge in [0.15, 0.2) is 0 Å². The number of nitrogens with two attached hydrogens (primary N) is 1. The van der Waals surface area contributed by atoms with Crippen LogP contribution in [0, 0.1) is 0 Å². The van der Waals surface area contributed by atoms with Gasteiger partial charge in [-0.25, -0.2) is 4.79 Å². The molecule has 0 unspecified atom stereocenters. The van der Waals surface area contributed by atoms with Crippen LogP contribution in [0.2, 0.25) is 0 Å². The van der Waals surface area contributed by atoms with Gasteiger partial charge < -0.3 is 15.8 Å². The van der Waals surface area contributed by atoms with Crippen LogP contribution in [-0.4, -0.2) is 36.5 Å². The van der Waals surface area contributed by atoms with Gasteiger partial charge in [-0.15, -0.1) is 35.6 Å². The van der Waals surface area contributed by atoms with E-state index in [0.29, 0.717) is 24.8 Å². The van der Waals surface area contributed by atoms with E-state index in [1.54, 1.807) is 0 Å². The number of carbonyl (C=O) groups is 1. The normalized spacial score (nSPS) is 9.67. The van der Waals surface area contributed by atoms with E-state index in [1.165, 1.54) is 0 Å². The summed E-state index contributed by atoms with van der Waals surface area (Å²) in [4.78, 5) is 11.0. The molecule has 1 amide bonds. The second-order valence-corrected chi connectivity index (χ2v) is 5.06. The molecule has 0 spiro atoms. The fraction of sp³-hybridized carbons (Fsp3) is 0.909. The topological polar surface area (TPSA) is 64.3 Å². The second kappa shape index (κ2) is 15.2. The number of ether oxygens (including phenoxy) is 1. The van der Waals surface area contributed by atoms with Gasteiger partial charge in [-0.05, 0) is 40.2 Å². The van der Waals surface area contributed by atoms with E-state index < -0.39 is 5.60 Å². The van der Waals surface area contributed by atoms with Gasteiger partial charge in [0.25, 0.3) is 0 Å². The number of alkyl carbamates (subject to hydrolysis) is 1. The first-order chi connectivity index (χ1) is 7.87. The van der Waals surface area contributed by atoms with Crippen LogP contribution in [-0.2, 0) is 4.74 Å². The molecule has 0 atom stereocenters. The Bertz CT molecular complexity index is 186. The molecule has 7 heteroatoms. The quantitative estimate of drug-likeness (QED) is 0.603. The number of amides is 1. The second-order valence-electron chi connectivity index (χ2n) is 4.30. The predicted octanol–water partition coefficient (Wildman–Crippen LogP) is 3.14. The predicted molar refractivity (Wildman–Crippen MR) is 81.2 cm³/mol. The van der Waals surface area contributed by atoms with Crippen molar-refractivity contribution < 1.29 is 9.53 Å². The number of hydrogen-bond donors (Lipinski definition) is 2. The van der Waals surface area contributed by atoms with Crippen molar-refractivity contribution in [3.05, 3.63) is 0 Å². The Hall–Kier alpha value is 0.1000. The van der Waals surface area contributed by atoms with Crippen LogP contribution in [0.25, 0.3) is 0 Å². The Labute approximate surface area is 126 Å². The standard InChI is InChI=1S/C8H16ClNO2.C3H8ClN.ClH/c1-8(2,3)12-7(11)10-6-4-5-9;4-2-1-3-5;/h4-6H2,1-3H3,(H,10,11);1-3,5H2;1H. The minimum atomic E-state index is -0.426. The van der Waals surface area contributed by atoms with Gasteiger partial charge in [0, 0.05) is 18.3 Å². The third kappa shape index (κ3) is 25.1. The molecule has 112 valence electrons. The third-order valence-electron chi connectivity index (χ3n) is 1.32. The maximum Gasteiger partial charge on any atom is 0.407 e. The molecule has 0 bridgehead atoms. The molecule has 0 rings (SSSR count). The molecular weight excluding hydrogens is 298 g/mol. The highest BCUT2D eigenvalue weighted by Gasteiger charge is 2.15. The third-order valence-corrected chi connectivity index (χ3v) is 1.85. The fourth-order valence-electron chi connectivity index (χ4n) is 0.649. The Morgan fingerprint density at radius 2 is 1.72 bits per heavy atom. The maximum atomic E-state index is 11.0. The molecule has 0 aromatic carbocycles. The molecule has 0 aromatic heterocycles. The Balaban J connectivity index is -0.000000321. The lowest BCUT2D eigenvalue weighted by molar-refractivity contribution is 0.0528. The fourth-order valence-corrected chi connectivity index (χ4v) is 0.937. The first-order valence-corrected chi connectivity index (χ1v) is 6.73. The van der Waals surface area contributed by atoms with Crippen molar-refractivity contribution in [3.8, 4) is 0 Å². The Morgan fingerprint density at radius 3 is 2.00 bits per heavy atom. The van der Waals surface area contributed by atoms with Crippen LogP contribution in [0.15, 0.2) is 0 Å². The van der Waals surface area contributed by atoms with Gasteiger partial charge in [0.05, 0.1) is 0 Å². The highest BCUT2D eigenvalue weighted by Crippen LogP contribution is 2.06. The molecule has 0 saturated carbocycles. The first-order valence-electron chi connectivity index (χ1n) is 5.66. The lowest BCUT2D eigenvalue weighted by Crippen LogP contribution is -2.33. The van der Waals surface area contributed by atoms with Crippen molar-refractivity contribution in [1.29, 1.82) is 0 Å². The van der Waals surface area contributed by atoms with Crippen molar-refractivity contribution >= 4 is 41.7 Å². The van der Waals surface area contributed by atoms with Gasteiger partial charge in [0.2, 0.25) is 0 Å². The molecule has 0 aliphatic rings. The summed E-state index contributed by atoms with van der Waals surface area (Å²) in [6.45, 7) is 6.76. The zero-order chi connectivity index (χ0) is 13.7. The van der Waals surface area contributed by atoms with Crippen LogP contribution in [0.4, 0.5) is 4.79 Å². The van der Waals surface area contributed by atoms with Gasteiger partial charge in [-0.2, -0.15) is 0 Å². The van der Waals surface area contributed by atoms with Crippen molar-refractivity contribution in [2.24, 2.45) is 5.73 Å². The number of rotatable bonds is 5. The molecule has 0 radical (unpaired) electrons. The SMILES string of the molecule is CC(C)(C)OC(=O)NCCCCl.Cl.NCCCCl. The molecule has 0 heterocycles. The summed E-state index contributed by atoms with van der Waals surface area (Å²) >= 11 is 10.6. The molecule has 3 N–H and O–H groups in total. The average Bonchev–Trinajstić information content (AvgIpc) is 2.17. The zero-order valence-electron chi connectivity index (χ0n) is 11.3. The van der Waals surface area contributed by atoms with Gasteiger partial charge in [-0.1, -0.05) is 0 Å². The molecule has 0 fully saturated rings. The zero-order valence-corrected chi connectivity index (χ0v) is 13.6. The van der Waals surface area contributed by atoms with Crippen molar-refractivity contribution in [1.82, 2.24) is 5.32 Å². The van der Waals surface area contributed by atoms with E-state index in [9.17, 15) is 4.79 Å². The minimum Gasteiger partial charge on any atom is -0.444 e. The summed E-state index contributed by atoms with van der Waals surface area (Å²) in [6.07, 6.45) is 1.31. The van der Waals surface area contributed by atoms with Gasteiger partial charge in [-0.3, -0.25) is 0 Å². The van der Waals surface area contributed by atoms with Gasteiger partial charge in [0.1, 0.15) is 5.60 Å². The highest BCUT2D eigenvalue weighted by molar-refractivity contribution is 6.18. The molecule has 18 heavy (non-hydrogen) atoms. The van der Waals surface area contributed by atoms with E-state index >= 15 is 0 Å². The van der Waals surface area contributed by atoms with Crippen LogP contribution in [0.3, 0.4) is 0 Å². The minimum absolute atomic E-state index is 0. The molecule has 0 aliphatic carbocycles. The molecule has 4 nitrogen and oxygen atoms in total. The van der Waals surface area contributed by atoms with E-state index in [0.717, 1.165) is 12.8 Å². The maximum absolute atomic E-state index is 11.0. The van der Waals surface area contributed by atoms with E-state index in [2.05, 4.69) is 5.32 Å². The number of carbonyl (C=O) groups excluding carboxylic acids is 1. The van der Waals surface area contributed by atoms with Crippen molar-refractivity contribution in [2.45, 2.75) is 39.2 Å². The largest absolute Gasteiger partial charge is 0.444 e. The number of hydrogen-bond acceptors (Lipinski definition) is 3. The van der Waals surface area contributed by atoms with E-state index in [-0.39, 0.29) is 18.5 Å². The van der Waals surface area contributed by atoms with Crippen molar-refractivity contribution in [2.75, 3.05) is 24.8 Å². The summed E-state index contributed by atoms with van der Waals surface area (Å²) in [5, 5.41) is 2.59. The van der Waals surface area contributed by atoms with Crippen LogP contribution in [0.5, 0.6) is 0 Å².